The van der Waals surface area contributed by atoms with Crippen molar-refractivity contribution in [3.8, 4) is 0 Å². The van der Waals surface area contributed by atoms with Gasteiger partial charge < -0.3 is 16.0 Å². The average molecular weight is 234 g/mol. The summed E-state index contributed by atoms with van der Waals surface area (Å²) < 4.78 is 0. The minimum atomic E-state index is -0.00583. The van der Waals surface area contributed by atoms with Gasteiger partial charge in [-0.2, -0.15) is 0 Å². The molecule has 3 N–H and O–H groups in total. The maximum Gasteiger partial charge on any atom is 0.239 e. The summed E-state index contributed by atoms with van der Waals surface area (Å²) in [4.78, 5) is 17.6. The lowest BCUT2D eigenvalue weighted by Gasteiger charge is -2.28. The highest BCUT2D eigenvalue weighted by molar-refractivity contribution is 5.82. The number of carbonyl (C=O) groups excluding carboxylic acids is 1. The Morgan fingerprint density at radius 1 is 1.59 bits per heavy atom. The largest absolute Gasteiger partial charge is 0.359 e. The maximum absolute atomic E-state index is 11.3. The Kier molecular flexibility index (Phi) is 3.58. The Balaban J connectivity index is 2.09. The molecule has 1 amide bonds. The average Bonchev–Trinajstić information content (AvgIpc) is 2.38. The first kappa shape index (κ1) is 11.9. The van der Waals surface area contributed by atoms with Crippen molar-refractivity contribution in [2.45, 2.75) is 19.4 Å². The summed E-state index contributed by atoms with van der Waals surface area (Å²) in [6, 6.07) is 3.92. The molecule has 92 valence electrons. The summed E-state index contributed by atoms with van der Waals surface area (Å²) in [6.07, 6.45) is 2.67. The summed E-state index contributed by atoms with van der Waals surface area (Å²) in [5.74, 6) is 0.0607. The smallest absolute Gasteiger partial charge is 0.239 e. The molecule has 1 fully saturated rings. The first-order valence-electron chi connectivity index (χ1n) is 5.94. The molecular formula is C12H18N4O. The standard InChI is InChI=1S/C12H18N4O/c1-2-10(13)11-4-3-9(7-15-11)16-6-5-14-12(17)8-16/h3-4,7,10H,2,5-6,8,13H2,1H3,(H,14,17)/t10-/m0/s1. The minimum absolute atomic E-state index is 0.00583. The molecule has 17 heavy (non-hydrogen) atoms. The molecule has 0 aliphatic carbocycles. The fraction of sp³-hybridized carbons (Fsp3) is 0.500. The molecule has 0 bridgehead atoms. The third kappa shape index (κ3) is 2.74. The normalized spacial score (nSPS) is 17.8. The molecule has 0 aromatic carbocycles. The van der Waals surface area contributed by atoms with Gasteiger partial charge in [-0.05, 0) is 18.6 Å². The summed E-state index contributed by atoms with van der Waals surface area (Å²) in [5, 5.41) is 2.80. The van der Waals surface area contributed by atoms with Crippen LogP contribution in [0, 0.1) is 0 Å². The van der Waals surface area contributed by atoms with Crippen molar-refractivity contribution >= 4 is 11.6 Å². The van der Waals surface area contributed by atoms with Crippen LogP contribution in [0.2, 0.25) is 0 Å². The predicted octanol–water partition coefficient (Wildman–Crippen LogP) is 0.428. The number of aromatic nitrogens is 1. The quantitative estimate of drug-likeness (QED) is 0.795. The van der Waals surface area contributed by atoms with Crippen LogP contribution in [0.25, 0.3) is 0 Å². The van der Waals surface area contributed by atoms with Crippen LogP contribution in [0.3, 0.4) is 0 Å². The van der Waals surface area contributed by atoms with Crippen LogP contribution < -0.4 is 16.0 Å². The highest BCUT2D eigenvalue weighted by Gasteiger charge is 2.16. The molecule has 1 aliphatic heterocycles. The summed E-state index contributed by atoms with van der Waals surface area (Å²) in [7, 11) is 0. The molecule has 1 atom stereocenters. The lowest BCUT2D eigenvalue weighted by Crippen LogP contribution is -2.47. The van der Waals surface area contributed by atoms with E-state index in [1.165, 1.54) is 0 Å². The fourth-order valence-corrected chi connectivity index (χ4v) is 1.87. The summed E-state index contributed by atoms with van der Waals surface area (Å²) in [6.45, 7) is 3.96. The van der Waals surface area contributed by atoms with Crippen LogP contribution >= 0.6 is 0 Å². The van der Waals surface area contributed by atoms with Crippen molar-refractivity contribution in [3.63, 3.8) is 0 Å². The topological polar surface area (TPSA) is 71.2 Å². The van der Waals surface area contributed by atoms with E-state index >= 15 is 0 Å². The Morgan fingerprint density at radius 3 is 3.00 bits per heavy atom. The van der Waals surface area contributed by atoms with Crippen LogP contribution in [0.4, 0.5) is 5.69 Å². The van der Waals surface area contributed by atoms with E-state index in [4.69, 9.17) is 5.73 Å². The molecule has 0 unspecified atom stereocenters. The van der Waals surface area contributed by atoms with Crippen molar-refractivity contribution in [2.75, 3.05) is 24.5 Å². The molecule has 0 saturated carbocycles. The van der Waals surface area contributed by atoms with E-state index in [-0.39, 0.29) is 11.9 Å². The van der Waals surface area contributed by atoms with E-state index in [9.17, 15) is 4.79 Å². The van der Waals surface area contributed by atoms with Gasteiger partial charge in [0, 0.05) is 19.1 Å². The highest BCUT2D eigenvalue weighted by Crippen LogP contribution is 2.17. The fourth-order valence-electron chi connectivity index (χ4n) is 1.87. The van der Waals surface area contributed by atoms with Gasteiger partial charge in [-0.1, -0.05) is 6.92 Å². The molecule has 2 heterocycles. The molecule has 1 saturated heterocycles. The molecule has 1 aromatic heterocycles. The zero-order valence-corrected chi connectivity index (χ0v) is 10.0. The Hall–Kier alpha value is -1.62. The van der Waals surface area contributed by atoms with E-state index in [1.807, 2.05) is 24.0 Å². The first-order valence-corrected chi connectivity index (χ1v) is 5.94. The number of hydrogen-bond donors (Lipinski definition) is 2. The molecule has 0 spiro atoms. The van der Waals surface area contributed by atoms with E-state index in [0.29, 0.717) is 13.1 Å². The second kappa shape index (κ2) is 5.14. The zero-order valence-electron chi connectivity index (χ0n) is 10.0. The van der Waals surface area contributed by atoms with Crippen LogP contribution in [0.1, 0.15) is 25.1 Å². The number of rotatable bonds is 3. The minimum Gasteiger partial charge on any atom is -0.359 e. The monoisotopic (exact) mass is 234 g/mol. The van der Waals surface area contributed by atoms with Gasteiger partial charge in [-0.15, -0.1) is 0 Å². The van der Waals surface area contributed by atoms with E-state index in [0.717, 1.165) is 24.3 Å². The molecule has 2 rings (SSSR count). The van der Waals surface area contributed by atoms with Crippen LogP contribution in [0.15, 0.2) is 18.3 Å². The van der Waals surface area contributed by atoms with Crippen molar-refractivity contribution < 1.29 is 4.79 Å². The van der Waals surface area contributed by atoms with Gasteiger partial charge in [0.15, 0.2) is 0 Å². The Labute approximate surface area is 101 Å². The first-order chi connectivity index (χ1) is 8.20. The van der Waals surface area contributed by atoms with Gasteiger partial charge in [0.2, 0.25) is 5.91 Å². The predicted molar refractivity (Wildman–Crippen MR) is 66.7 cm³/mol. The lowest BCUT2D eigenvalue weighted by molar-refractivity contribution is -0.120. The number of amides is 1. The van der Waals surface area contributed by atoms with Gasteiger partial charge in [0.05, 0.1) is 24.1 Å². The second-order valence-corrected chi connectivity index (χ2v) is 4.23. The molecular weight excluding hydrogens is 216 g/mol. The van der Waals surface area contributed by atoms with E-state index in [1.54, 1.807) is 6.20 Å². The molecule has 5 heteroatoms. The van der Waals surface area contributed by atoms with Gasteiger partial charge in [-0.25, -0.2) is 0 Å². The van der Waals surface area contributed by atoms with Gasteiger partial charge in [0.1, 0.15) is 0 Å². The lowest BCUT2D eigenvalue weighted by atomic mass is 10.1. The summed E-state index contributed by atoms with van der Waals surface area (Å²) in [5.41, 5.74) is 7.78. The SMILES string of the molecule is CC[C@H](N)c1ccc(N2CCNC(=O)C2)cn1. The van der Waals surface area contributed by atoms with Crippen molar-refractivity contribution in [2.24, 2.45) is 5.73 Å². The van der Waals surface area contributed by atoms with Gasteiger partial charge in [0.25, 0.3) is 0 Å². The van der Waals surface area contributed by atoms with Crippen molar-refractivity contribution in [3.05, 3.63) is 24.0 Å². The van der Waals surface area contributed by atoms with Crippen molar-refractivity contribution in [1.29, 1.82) is 0 Å². The second-order valence-electron chi connectivity index (χ2n) is 4.23. The number of nitrogens with one attached hydrogen (secondary N) is 1. The van der Waals surface area contributed by atoms with E-state index < -0.39 is 0 Å². The van der Waals surface area contributed by atoms with Crippen molar-refractivity contribution in [1.82, 2.24) is 10.3 Å². The van der Waals surface area contributed by atoms with Crippen LogP contribution in [-0.2, 0) is 4.79 Å². The number of nitrogens with zero attached hydrogens (tertiary/aromatic N) is 2. The van der Waals surface area contributed by atoms with Crippen LogP contribution in [0.5, 0.6) is 0 Å². The highest BCUT2D eigenvalue weighted by atomic mass is 16.2. The zero-order chi connectivity index (χ0) is 12.3. The Bertz CT molecular complexity index is 390. The molecule has 5 nitrogen and oxygen atoms in total. The molecule has 0 radical (unpaired) electrons. The number of anilines is 1. The molecule has 1 aliphatic rings. The van der Waals surface area contributed by atoms with E-state index in [2.05, 4.69) is 10.3 Å². The van der Waals surface area contributed by atoms with Gasteiger partial charge in [-0.3, -0.25) is 9.78 Å². The third-order valence-corrected chi connectivity index (χ3v) is 2.99. The molecule has 1 aromatic rings. The Morgan fingerprint density at radius 2 is 2.41 bits per heavy atom. The number of carbonyl (C=O) groups is 1. The number of hydrogen-bond acceptors (Lipinski definition) is 4. The maximum atomic E-state index is 11.3. The van der Waals surface area contributed by atoms with Crippen LogP contribution in [-0.4, -0.2) is 30.5 Å². The summed E-state index contributed by atoms with van der Waals surface area (Å²) >= 11 is 0. The third-order valence-electron chi connectivity index (χ3n) is 2.99. The number of nitrogens with two attached hydrogens (primary N) is 1. The number of pyridine rings is 1. The van der Waals surface area contributed by atoms with Gasteiger partial charge >= 0.3 is 0 Å². The number of piperazine rings is 1.